The maximum atomic E-state index is 11.9. The molecule has 0 radical (unpaired) electrons. The second-order valence-corrected chi connectivity index (χ2v) is 3.39. The molecule has 1 aromatic rings. The monoisotopic (exact) mass is 207 g/mol. The lowest BCUT2D eigenvalue weighted by atomic mass is 10.2. The highest BCUT2D eigenvalue weighted by atomic mass is 16.2. The van der Waals surface area contributed by atoms with Crippen LogP contribution in [0.25, 0.3) is 0 Å². The van der Waals surface area contributed by atoms with Gasteiger partial charge in [-0.2, -0.15) is 0 Å². The number of hydrogen-bond acceptors (Lipinski definition) is 1. The van der Waals surface area contributed by atoms with Crippen LogP contribution in [-0.4, -0.2) is 23.9 Å². The van der Waals surface area contributed by atoms with Gasteiger partial charge in [-0.15, -0.1) is 0 Å². The van der Waals surface area contributed by atoms with Crippen molar-refractivity contribution in [2.45, 2.75) is 27.3 Å². The average molecular weight is 207 g/mol. The normalized spacial score (nSPS) is 10.1. The molecule has 0 aromatic carbocycles. The van der Waals surface area contributed by atoms with Crippen molar-refractivity contribution in [3.8, 4) is 0 Å². The molecule has 0 aliphatic heterocycles. The van der Waals surface area contributed by atoms with Crippen molar-refractivity contribution in [2.24, 2.45) is 0 Å². The van der Waals surface area contributed by atoms with E-state index in [2.05, 4.69) is 6.92 Å². The van der Waals surface area contributed by atoms with Crippen molar-refractivity contribution in [3.63, 3.8) is 0 Å². The van der Waals surface area contributed by atoms with Crippen molar-refractivity contribution in [1.82, 2.24) is 4.90 Å². The first kappa shape index (κ1) is 11.7. The average Bonchev–Trinajstić information content (AvgIpc) is 2.30. The van der Waals surface area contributed by atoms with Gasteiger partial charge in [-0.05, 0) is 20.8 Å². The van der Waals surface area contributed by atoms with Crippen LogP contribution in [0.5, 0.6) is 0 Å². The van der Waals surface area contributed by atoms with E-state index >= 15 is 0 Å². The molecule has 0 aliphatic carbocycles. The molecule has 3 heteroatoms. The van der Waals surface area contributed by atoms with E-state index in [1.807, 2.05) is 47.8 Å². The molecule has 0 bridgehead atoms. The first-order valence-electron chi connectivity index (χ1n) is 5.51. The summed E-state index contributed by atoms with van der Waals surface area (Å²) in [6.07, 6.45) is 3.88. The van der Waals surface area contributed by atoms with Gasteiger partial charge < -0.3 is 4.90 Å². The fourth-order valence-electron chi connectivity index (χ4n) is 1.50. The van der Waals surface area contributed by atoms with Crippen molar-refractivity contribution in [1.29, 1.82) is 0 Å². The Balaban J connectivity index is 2.82. The number of nitrogens with zero attached hydrogens (tertiary/aromatic N) is 2. The van der Waals surface area contributed by atoms with E-state index < -0.39 is 0 Å². The summed E-state index contributed by atoms with van der Waals surface area (Å²) in [5, 5.41) is 0. The second-order valence-electron chi connectivity index (χ2n) is 3.39. The number of aromatic nitrogens is 1. The molecule has 0 saturated heterocycles. The van der Waals surface area contributed by atoms with Gasteiger partial charge in [0.2, 0.25) is 0 Å². The van der Waals surface area contributed by atoms with Gasteiger partial charge in [0.25, 0.3) is 5.91 Å². The first-order valence-corrected chi connectivity index (χ1v) is 5.51. The van der Waals surface area contributed by atoms with E-state index in [1.165, 1.54) is 0 Å². The standard InChI is InChI=1S/C12H19N2O/c1-4-13-9-7-11(8-10-13)12(15)14(5-2)6-3/h7-10H,4-6H2,1-3H3/q+1. The van der Waals surface area contributed by atoms with Crippen LogP contribution in [0.4, 0.5) is 0 Å². The number of hydrogen-bond donors (Lipinski definition) is 0. The Morgan fingerprint density at radius 3 is 2.13 bits per heavy atom. The molecule has 0 fully saturated rings. The molecular weight excluding hydrogens is 188 g/mol. The molecule has 1 heterocycles. The first-order chi connectivity index (χ1) is 7.22. The van der Waals surface area contributed by atoms with Crippen LogP contribution in [0.15, 0.2) is 24.5 Å². The summed E-state index contributed by atoms with van der Waals surface area (Å²) in [7, 11) is 0. The molecule has 0 aliphatic rings. The predicted octanol–water partition coefficient (Wildman–Crippen LogP) is 1.48. The number of amides is 1. The van der Waals surface area contributed by atoms with Crippen LogP contribution in [0.1, 0.15) is 31.1 Å². The summed E-state index contributed by atoms with van der Waals surface area (Å²) in [4.78, 5) is 13.7. The minimum Gasteiger partial charge on any atom is -0.339 e. The molecule has 0 spiro atoms. The molecule has 0 saturated carbocycles. The van der Waals surface area contributed by atoms with Gasteiger partial charge in [-0.25, -0.2) is 4.57 Å². The van der Waals surface area contributed by atoms with Crippen LogP contribution in [-0.2, 0) is 6.54 Å². The van der Waals surface area contributed by atoms with Crippen LogP contribution in [0.3, 0.4) is 0 Å². The van der Waals surface area contributed by atoms with Crippen molar-refractivity contribution in [2.75, 3.05) is 13.1 Å². The molecule has 82 valence electrons. The van der Waals surface area contributed by atoms with E-state index in [1.54, 1.807) is 0 Å². The Morgan fingerprint density at radius 1 is 1.20 bits per heavy atom. The predicted molar refractivity (Wildman–Crippen MR) is 59.6 cm³/mol. The van der Waals surface area contributed by atoms with Gasteiger partial charge in [0.1, 0.15) is 6.54 Å². The SMILES string of the molecule is CCN(CC)C(=O)c1cc[n+](CC)cc1. The summed E-state index contributed by atoms with van der Waals surface area (Å²) < 4.78 is 2.04. The Hall–Kier alpha value is -1.38. The van der Waals surface area contributed by atoms with E-state index in [4.69, 9.17) is 0 Å². The van der Waals surface area contributed by atoms with Gasteiger partial charge >= 0.3 is 0 Å². The Kier molecular flexibility index (Phi) is 4.28. The molecule has 1 amide bonds. The van der Waals surface area contributed by atoms with Crippen LogP contribution in [0, 0.1) is 0 Å². The Morgan fingerprint density at radius 2 is 1.73 bits per heavy atom. The number of aryl methyl sites for hydroxylation is 1. The molecule has 1 aromatic heterocycles. The molecule has 0 unspecified atom stereocenters. The highest BCUT2D eigenvalue weighted by Gasteiger charge is 2.12. The smallest absolute Gasteiger partial charge is 0.254 e. The Bertz CT molecular complexity index is 315. The second kappa shape index (κ2) is 5.49. The topological polar surface area (TPSA) is 24.2 Å². The van der Waals surface area contributed by atoms with Crippen molar-refractivity contribution < 1.29 is 9.36 Å². The lowest BCUT2D eigenvalue weighted by molar-refractivity contribution is -0.693. The maximum Gasteiger partial charge on any atom is 0.254 e. The quantitative estimate of drug-likeness (QED) is 0.686. The van der Waals surface area contributed by atoms with Crippen LogP contribution < -0.4 is 4.57 Å². The van der Waals surface area contributed by atoms with Gasteiger partial charge in [0.15, 0.2) is 12.4 Å². The van der Waals surface area contributed by atoms with Crippen LogP contribution in [0.2, 0.25) is 0 Å². The minimum atomic E-state index is 0.114. The third kappa shape index (κ3) is 2.78. The summed E-state index contributed by atoms with van der Waals surface area (Å²) in [5.41, 5.74) is 0.767. The van der Waals surface area contributed by atoms with Crippen molar-refractivity contribution in [3.05, 3.63) is 30.1 Å². The molecular formula is C12H19N2O+. The van der Waals surface area contributed by atoms with Crippen molar-refractivity contribution >= 4 is 5.91 Å². The lowest BCUT2D eigenvalue weighted by Crippen LogP contribution is -2.34. The largest absolute Gasteiger partial charge is 0.339 e. The van der Waals surface area contributed by atoms with E-state index in [-0.39, 0.29) is 5.91 Å². The zero-order valence-corrected chi connectivity index (χ0v) is 9.73. The fourth-order valence-corrected chi connectivity index (χ4v) is 1.50. The number of carbonyl (C=O) groups excluding carboxylic acids is 1. The number of carbonyl (C=O) groups is 1. The van der Waals surface area contributed by atoms with Crippen LogP contribution >= 0.6 is 0 Å². The van der Waals surface area contributed by atoms with Gasteiger partial charge in [0.05, 0.1) is 5.56 Å². The van der Waals surface area contributed by atoms with E-state index in [9.17, 15) is 4.79 Å². The highest BCUT2D eigenvalue weighted by molar-refractivity contribution is 5.93. The molecule has 0 atom stereocenters. The van der Waals surface area contributed by atoms with Gasteiger partial charge in [-0.3, -0.25) is 4.79 Å². The molecule has 0 N–H and O–H groups in total. The Labute approximate surface area is 91.3 Å². The summed E-state index contributed by atoms with van der Waals surface area (Å²) in [6, 6.07) is 3.76. The molecule has 15 heavy (non-hydrogen) atoms. The summed E-state index contributed by atoms with van der Waals surface area (Å²) in [5.74, 6) is 0.114. The fraction of sp³-hybridized carbons (Fsp3) is 0.500. The number of rotatable bonds is 4. The summed E-state index contributed by atoms with van der Waals surface area (Å²) >= 11 is 0. The third-order valence-electron chi connectivity index (χ3n) is 2.55. The number of pyridine rings is 1. The van der Waals surface area contributed by atoms with E-state index in [0.29, 0.717) is 0 Å². The van der Waals surface area contributed by atoms with E-state index in [0.717, 1.165) is 25.2 Å². The zero-order chi connectivity index (χ0) is 11.3. The maximum absolute atomic E-state index is 11.9. The molecule has 1 rings (SSSR count). The highest BCUT2D eigenvalue weighted by Crippen LogP contribution is 2.02. The molecule has 3 nitrogen and oxygen atoms in total. The van der Waals surface area contributed by atoms with Gasteiger partial charge in [0, 0.05) is 25.2 Å². The zero-order valence-electron chi connectivity index (χ0n) is 9.73. The third-order valence-corrected chi connectivity index (χ3v) is 2.55. The lowest BCUT2D eigenvalue weighted by Gasteiger charge is -2.17. The minimum absolute atomic E-state index is 0.114. The van der Waals surface area contributed by atoms with Gasteiger partial charge in [-0.1, -0.05) is 0 Å². The summed E-state index contributed by atoms with van der Waals surface area (Å²) in [6.45, 7) is 8.52.